The highest BCUT2D eigenvalue weighted by Crippen LogP contribution is 2.37. The number of benzene rings is 2. The molecule has 2 heterocycles. The van der Waals surface area contributed by atoms with Crippen LogP contribution in [0, 0.1) is 10.1 Å². The molecule has 0 N–H and O–H groups in total. The fraction of sp³-hybridized carbons (Fsp3) is 0.400. The van der Waals surface area contributed by atoms with E-state index in [2.05, 4.69) is 14.9 Å². The highest BCUT2D eigenvalue weighted by atomic mass is 17.0. The number of nitrogens with zero attached hydrogens (tertiary/aromatic N) is 4. The highest BCUT2D eigenvalue weighted by Gasteiger charge is 2.51. The van der Waals surface area contributed by atoms with Crippen LogP contribution in [0.3, 0.4) is 0 Å². The van der Waals surface area contributed by atoms with Crippen molar-refractivity contribution in [1.82, 2.24) is 0 Å². The van der Waals surface area contributed by atoms with Gasteiger partial charge >= 0.3 is 0 Å². The van der Waals surface area contributed by atoms with Gasteiger partial charge in [0.05, 0.1) is 19.3 Å². The molecule has 4 rings (SSSR count). The first kappa shape index (κ1) is 21.0. The highest BCUT2D eigenvalue weighted by molar-refractivity contribution is 5.17. The van der Waals surface area contributed by atoms with E-state index >= 15 is 0 Å². The summed E-state index contributed by atoms with van der Waals surface area (Å²) in [5, 5.41) is 13.7. The van der Waals surface area contributed by atoms with Gasteiger partial charge in [-0.15, -0.1) is 10.1 Å². The van der Waals surface area contributed by atoms with Crippen LogP contribution in [0.5, 0.6) is 0 Å². The van der Waals surface area contributed by atoms with E-state index in [-0.39, 0.29) is 13.2 Å². The van der Waals surface area contributed by atoms with Gasteiger partial charge in [0.2, 0.25) is 6.29 Å². The van der Waals surface area contributed by atoms with Crippen LogP contribution in [0.4, 0.5) is 0 Å². The van der Waals surface area contributed by atoms with Crippen LogP contribution >= 0.6 is 0 Å². The summed E-state index contributed by atoms with van der Waals surface area (Å²) in [6.07, 6.45) is -4.42. The molecule has 0 amide bonds. The monoisotopic (exact) mass is 428 g/mol. The molecule has 11 nitrogen and oxygen atoms in total. The van der Waals surface area contributed by atoms with Crippen molar-refractivity contribution in [1.29, 1.82) is 0 Å². The molecule has 1 unspecified atom stereocenters. The molecule has 0 spiro atoms. The van der Waals surface area contributed by atoms with Crippen LogP contribution in [-0.2, 0) is 30.4 Å². The van der Waals surface area contributed by atoms with E-state index in [1.54, 1.807) is 0 Å². The Morgan fingerprint density at radius 3 is 2.52 bits per heavy atom. The fourth-order valence-corrected chi connectivity index (χ4v) is 3.65. The van der Waals surface area contributed by atoms with Gasteiger partial charge in [0.1, 0.15) is 18.2 Å². The largest absolute Gasteiger partial charge is 0.370 e. The van der Waals surface area contributed by atoms with E-state index in [4.69, 9.17) is 24.5 Å². The normalized spacial score (nSPS) is 29.9. The zero-order valence-electron chi connectivity index (χ0n) is 16.3. The molecular formula is C20H20N4O7. The van der Waals surface area contributed by atoms with Crippen LogP contribution in [0.1, 0.15) is 17.4 Å². The maximum absolute atomic E-state index is 11.0. The van der Waals surface area contributed by atoms with Crippen molar-refractivity contribution in [2.24, 2.45) is 5.11 Å². The first-order valence-corrected chi connectivity index (χ1v) is 9.64. The minimum Gasteiger partial charge on any atom is -0.370 e. The third-order valence-electron chi connectivity index (χ3n) is 5.04. The average molecular weight is 428 g/mol. The van der Waals surface area contributed by atoms with Crippen molar-refractivity contribution in [3.05, 3.63) is 92.3 Å². The lowest BCUT2D eigenvalue weighted by Crippen LogP contribution is -2.62. The minimum absolute atomic E-state index is 0.0932. The number of hydrogen-bond donors (Lipinski definition) is 0. The molecular weight excluding hydrogens is 408 g/mol. The number of fused-ring (bicyclic) bond motifs is 1. The molecule has 0 aromatic heterocycles. The van der Waals surface area contributed by atoms with Gasteiger partial charge in [0.15, 0.2) is 6.29 Å². The predicted molar refractivity (Wildman–Crippen MR) is 105 cm³/mol. The van der Waals surface area contributed by atoms with Crippen molar-refractivity contribution in [2.45, 2.75) is 43.5 Å². The second-order valence-corrected chi connectivity index (χ2v) is 7.01. The van der Waals surface area contributed by atoms with Gasteiger partial charge in [-0.2, -0.15) is 0 Å². The van der Waals surface area contributed by atoms with Gasteiger partial charge < -0.3 is 18.9 Å². The second kappa shape index (κ2) is 9.73. The van der Waals surface area contributed by atoms with Gasteiger partial charge in [0.25, 0.3) is 5.09 Å². The third kappa shape index (κ3) is 4.93. The summed E-state index contributed by atoms with van der Waals surface area (Å²) in [6.45, 7) is 0.271. The summed E-state index contributed by atoms with van der Waals surface area (Å²) >= 11 is 0. The van der Waals surface area contributed by atoms with Crippen LogP contribution in [0.2, 0.25) is 0 Å². The van der Waals surface area contributed by atoms with Crippen LogP contribution in [0.25, 0.3) is 10.4 Å². The number of hydrogen-bond acceptors (Lipinski definition) is 8. The Morgan fingerprint density at radius 2 is 1.84 bits per heavy atom. The molecule has 2 aromatic carbocycles. The molecule has 162 valence electrons. The first-order chi connectivity index (χ1) is 15.2. The van der Waals surface area contributed by atoms with Gasteiger partial charge in [-0.25, -0.2) is 0 Å². The molecule has 2 aliphatic heterocycles. The molecule has 0 radical (unpaired) electrons. The lowest BCUT2D eigenvalue weighted by Gasteiger charge is -2.47. The van der Waals surface area contributed by atoms with Gasteiger partial charge in [-0.1, -0.05) is 65.8 Å². The van der Waals surface area contributed by atoms with Gasteiger partial charge in [0, 0.05) is 10.5 Å². The summed E-state index contributed by atoms with van der Waals surface area (Å²) in [5.41, 5.74) is 10.7. The Labute approximate surface area is 177 Å². The standard InChI is InChI=1S/C20H20N4O7/c21-23-22-16-18(27-11-13-7-3-1-4-8-13)17-15(29-20(16)31-24(25)26)12-28-19(30-17)14-9-5-2-6-10-14/h1-10,15-20H,11-12H2/t15-,16-,17-,18-,19?,20+/m1/s1. The second-order valence-electron chi connectivity index (χ2n) is 7.01. The van der Waals surface area contributed by atoms with E-state index in [0.29, 0.717) is 0 Å². The van der Waals surface area contributed by atoms with Gasteiger partial charge in [-0.3, -0.25) is 4.84 Å². The Balaban J connectivity index is 1.60. The summed E-state index contributed by atoms with van der Waals surface area (Å²) in [4.78, 5) is 18.4. The number of rotatable bonds is 7. The van der Waals surface area contributed by atoms with E-state index in [1.165, 1.54) is 0 Å². The quantitative estimate of drug-likeness (QED) is 0.217. The molecule has 2 aliphatic rings. The number of azide groups is 1. The lowest BCUT2D eigenvalue weighted by atomic mass is 9.96. The van der Waals surface area contributed by atoms with Gasteiger partial charge in [-0.05, 0) is 11.1 Å². The molecule has 31 heavy (non-hydrogen) atoms. The molecule has 6 atom stereocenters. The van der Waals surface area contributed by atoms with Crippen LogP contribution in [0.15, 0.2) is 65.8 Å². The third-order valence-corrected chi connectivity index (χ3v) is 5.04. The maximum atomic E-state index is 11.0. The lowest BCUT2D eigenvalue weighted by molar-refractivity contribution is -0.784. The van der Waals surface area contributed by atoms with E-state index in [9.17, 15) is 10.1 Å². The van der Waals surface area contributed by atoms with E-state index in [1.807, 2.05) is 60.7 Å². The van der Waals surface area contributed by atoms with E-state index < -0.39 is 42.0 Å². The van der Waals surface area contributed by atoms with Crippen molar-refractivity contribution in [3.8, 4) is 0 Å². The van der Waals surface area contributed by atoms with Crippen molar-refractivity contribution < 1.29 is 28.9 Å². The molecule has 0 aliphatic carbocycles. The van der Waals surface area contributed by atoms with Crippen LogP contribution < -0.4 is 0 Å². The predicted octanol–water partition coefficient (Wildman–Crippen LogP) is 3.30. The fourth-order valence-electron chi connectivity index (χ4n) is 3.65. The molecule has 2 fully saturated rings. The molecule has 11 heteroatoms. The average Bonchev–Trinajstić information content (AvgIpc) is 2.79. The summed E-state index contributed by atoms with van der Waals surface area (Å²) in [7, 11) is 0. The Morgan fingerprint density at radius 1 is 1.13 bits per heavy atom. The van der Waals surface area contributed by atoms with E-state index in [0.717, 1.165) is 11.1 Å². The zero-order chi connectivity index (χ0) is 21.6. The SMILES string of the molecule is [N-]=[N+]=N[C@H]1[C@H](O[N+](=O)[O-])O[C@@H]2COC(c3ccccc3)O[C@H]2[C@@H]1OCc1ccccc1. The first-order valence-electron chi connectivity index (χ1n) is 9.64. The molecule has 2 saturated heterocycles. The van der Waals surface area contributed by atoms with Crippen molar-refractivity contribution in [2.75, 3.05) is 6.61 Å². The van der Waals surface area contributed by atoms with Crippen molar-refractivity contribution in [3.63, 3.8) is 0 Å². The summed E-state index contributed by atoms with van der Waals surface area (Å²) < 4.78 is 23.6. The summed E-state index contributed by atoms with van der Waals surface area (Å²) in [6, 6.07) is 17.5. The Hall–Kier alpha value is -3.21. The minimum atomic E-state index is -1.45. The zero-order valence-corrected chi connectivity index (χ0v) is 16.3. The van der Waals surface area contributed by atoms with Crippen LogP contribution in [-0.4, -0.2) is 42.3 Å². The van der Waals surface area contributed by atoms with Crippen molar-refractivity contribution >= 4 is 0 Å². The number of ether oxygens (including phenoxy) is 4. The molecule has 2 aromatic rings. The summed E-state index contributed by atoms with van der Waals surface area (Å²) in [5.74, 6) is 0. The molecule has 0 bridgehead atoms. The Kier molecular flexibility index (Phi) is 6.60. The maximum Gasteiger partial charge on any atom is 0.297 e. The topological polar surface area (TPSA) is 138 Å². The Bertz CT molecular complexity index is 926. The molecule has 0 saturated carbocycles. The smallest absolute Gasteiger partial charge is 0.297 e.